The zero-order chi connectivity index (χ0) is 19.0. The maximum Gasteiger partial charge on any atom is 0.324 e. The molecule has 1 heterocycles. The summed E-state index contributed by atoms with van der Waals surface area (Å²) in [5.74, 6) is -1.78. The average molecular weight is 371 g/mol. The molecule has 2 aliphatic carbocycles. The van der Waals surface area contributed by atoms with Gasteiger partial charge in [-0.2, -0.15) is 0 Å². The molecule has 4 rings (SSSR count). The van der Waals surface area contributed by atoms with Crippen molar-refractivity contribution in [3.05, 3.63) is 35.9 Å². The SMILES string of the molecule is CCOC(=O)C1(C(=O)OCC)[C@H](c2ccccc2)C2=NO[C@@H]3CCC[C@H]1[C@H]23. The summed E-state index contributed by atoms with van der Waals surface area (Å²) in [5.41, 5.74) is 0.257. The molecule has 0 N–H and O–H groups in total. The molecule has 1 aromatic rings. The van der Waals surface area contributed by atoms with Crippen molar-refractivity contribution in [2.45, 2.75) is 45.1 Å². The van der Waals surface area contributed by atoms with Gasteiger partial charge in [-0.25, -0.2) is 0 Å². The van der Waals surface area contributed by atoms with Gasteiger partial charge in [0.1, 0.15) is 6.10 Å². The van der Waals surface area contributed by atoms with Crippen LogP contribution in [0.2, 0.25) is 0 Å². The van der Waals surface area contributed by atoms with E-state index in [0.717, 1.165) is 30.5 Å². The lowest BCUT2D eigenvalue weighted by molar-refractivity contribution is -0.179. The fourth-order valence-electron chi connectivity index (χ4n) is 5.27. The van der Waals surface area contributed by atoms with Crippen LogP contribution >= 0.6 is 0 Å². The van der Waals surface area contributed by atoms with Crippen molar-refractivity contribution in [2.75, 3.05) is 13.2 Å². The Labute approximate surface area is 158 Å². The Hall–Kier alpha value is -2.37. The summed E-state index contributed by atoms with van der Waals surface area (Å²) in [5, 5.41) is 4.38. The number of esters is 2. The summed E-state index contributed by atoms with van der Waals surface area (Å²) in [4.78, 5) is 32.5. The number of rotatable bonds is 5. The number of carbonyl (C=O) groups excluding carboxylic acids is 2. The van der Waals surface area contributed by atoms with Crippen LogP contribution in [-0.4, -0.2) is 37.0 Å². The van der Waals surface area contributed by atoms with Gasteiger partial charge in [-0.1, -0.05) is 35.5 Å². The summed E-state index contributed by atoms with van der Waals surface area (Å²) in [6.07, 6.45) is 2.45. The summed E-state index contributed by atoms with van der Waals surface area (Å²) < 4.78 is 10.9. The molecular formula is C21H25NO5. The molecule has 2 saturated carbocycles. The van der Waals surface area contributed by atoms with Gasteiger partial charge in [0.15, 0.2) is 5.41 Å². The minimum atomic E-state index is -1.40. The van der Waals surface area contributed by atoms with Crippen LogP contribution in [-0.2, 0) is 23.9 Å². The highest BCUT2D eigenvalue weighted by Crippen LogP contribution is 2.62. The van der Waals surface area contributed by atoms with E-state index in [0.29, 0.717) is 0 Å². The minimum absolute atomic E-state index is 0.0437. The van der Waals surface area contributed by atoms with Crippen molar-refractivity contribution in [3.63, 3.8) is 0 Å². The first-order valence-corrected chi connectivity index (χ1v) is 9.79. The van der Waals surface area contributed by atoms with E-state index >= 15 is 0 Å². The van der Waals surface area contributed by atoms with Gasteiger partial charge in [0.25, 0.3) is 0 Å². The molecule has 4 atom stereocenters. The van der Waals surface area contributed by atoms with E-state index in [1.807, 2.05) is 30.3 Å². The highest BCUT2D eigenvalue weighted by Gasteiger charge is 2.72. The van der Waals surface area contributed by atoms with Gasteiger partial charge in [0.2, 0.25) is 0 Å². The molecule has 3 aliphatic rings. The molecule has 0 saturated heterocycles. The Balaban J connectivity index is 1.93. The molecule has 144 valence electrons. The first-order valence-electron chi connectivity index (χ1n) is 9.79. The molecule has 0 spiro atoms. The molecule has 2 fully saturated rings. The van der Waals surface area contributed by atoms with Crippen LogP contribution in [0.5, 0.6) is 0 Å². The van der Waals surface area contributed by atoms with Crippen LogP contribution in [0, 0.1) is 17.3 Å². The number of benzene rings is 1. The van der Waals surface area contributed by atoms with Crippen LogP contribution < -0.4 is 0 Å². The molecule has 0 aromatic heterocycles. The Morgan fingerprint density at radius 2 is 1.78 bits per heavy atom. The Morgan fingerprint density at radius 3 is 2.41 bits per heavy atom. The van der Waals surface area contributed by atoms with Crippen LogP contribution in [0.1, 0.15) is 44.6 Å². The van der Waals surface area contributed by atoms with E-state index < -0.39 is 23.3 Å². The number of nitrogens with zero attached hydrogens (tertiary/aromatic N) is 1. The minimum Gasteiger partial charge on any atom is -0.465 e. The molecule has 0 amide bonds. The van der Waals surface area contributed by atoms with E-state index in [4.69, 9.17) is 14.3 Å². The van der Waals surface area contributed by atoms with Crippen molar-refractivity contribution in [2.24, 2.45) is 22.4 Å². The Morgan fingerprint density at radius 1 is 1.11 bits per heavy atom. The standard InChI is InChI=1S/C21H25NO5/c1-3-25-19(23)21(20(24)26-4-2)14-11-8-12-15-16(14)18(22-27-15)17(21)13-9-6-5-7-10-13/h5-7,9-10,14-17H,3-4,8,11-12H2,1-2H3/t14-,15+,16-,17+/m0/s1. The molecular weight excluding hydrogens is 346 g/mol. The molecule has 1 aliphatic heterocycles. The highest BCUT2D eigenvalue weighted by atomic mass is 16.6. The van der Waals surface area contributed by atoms with Gasteiger partial charge in [-0.15, -0.1) is 0 Å². The zero-order valence-corrected chi connectivity index (χ0v) is 15.7. The highest BCUT2D eigenvalue weighted by molar-refractivity contribution is 6.13. The maximum absolute atomic E-state index is 13.4. The third-order valence-electron chi connectivity index (χ3n) is 6.17. The third kappa shape index (κ3) is 2.49. The second-order valence-corrected chi connectivity index (χ2v) is 7.38. The van der Waals surface area contributed by atoms with Crippen LogP contribution in [0.25, 0.3) is 0 Å². The van der Waals surface area contributed by atoms with Crippen molar-refractivity contribution in [1.82, 2.24) is 0 Å². The maximum atomic E-state index is 13.4. The summed E-state index contributed by atoms with van der Waals surface area (Å²) in [6, 6.07) is 9.60. The lowest BCUT2D eigenvalue weighted by Gasteiger charge is -2.38. The number of hydrogen-bond donors (Lipinski definition) is 0. The van der Waals surface area contributed by atoms with E-state index in [-0.39, 0.29) is 31.2 Å². The number of hydrogen-bond acceptors (Lipinski definition) is 6. The predicted molar refractivity (Wildman–Crippen MR) is 98.0 cm³/mol. The molecule has 6 heteroatoms. The topological polar surface area (TPSA) is 74.2 Å². The van der Waals surface area contributed by atoms with Crippen molar-refractivity contribution < 1.29 is 23.9 Å². The second kappa shape index (κ2) is 6.98. The van der Waals surface area contributed by atoms with Crippen LogP contribution in [0.4, 0.5) is 0 Å². The zero-order valence-electron chi connectivity index (χ0n) is 15.7. The molecule has 0 radical (unpaired) electrons. The normalized spacial score (nSPS) is 30.1. The van der Waals surface area contributed by atoms with E-state index in [9.17, 15) is 9.59 Å². The molecule has 6 nitrogen and oxygen atoms in total. The molecule has 0 unspecified atom stereocenters. The average Bonchev–Trinajstić information content (AvgIpc) is 3.24. The van der Waals surface area contributed by atoms with Gasteiger partial charge in [0, 0.05) is 5.92 Å². The second-order valence-electron chi connectivity index (χ2n) is 7.38. The first-order chi connectivity index (χ1) is 13.2. The van der Waals surface area contributed by atoms with E-state index in [1.54, 1.807) is 13.8 Å². The van der Waals surface area contributed by atoms with Gasteiger partial charge in [-0.05, 0) is 44.6 Å². The summed E-state index contributed by atoms with van der Waals surface area (Å²) >= 11 is 0. The predicted octanol–water partition coefficient (Wildman–Crippen LogP) is 3.07. The Kier molecular flexibility index (Phi) is 4.66. The molecule has 0 bridgehead atoms. The van der Waals surface area contributed by atoms with Crippen LogP contribution in [0.15, 0.2) is 35.5 Å². The Bertz CT molecular complexity index is 741. The van der Waals surface area contributed by atoms with Crippen molar-refractivity contribution in [3.8, 4) is 0 Å². The summed E-state index contributed by atoms with van der Waals surface area (Å²) in [7, 11) is 0. The van der Waals surface area contributed by atoms with E-state index in [1.165, 1.54) is 0 Å². The largest absolute Gasteiger partial charge is 0.465 e. The first kappa shape index (κ1) is 18.0. The fraction of sp³-hybridized carbons (Fsp3) is 0.571. The number of oxime groups is 1. The van der Waals surface area contributed by atoms with Gasteiger partial charge < -0.3 is 14.3 Å². The number of ether oxygens (including phenoxy) is 2. The van der Waals surface area contributed by atoms with Crippen molar-refractivity contribution in [1.29, 1.82) is 0 Å². The fourth-order valence-corrected chi connectivity index (χ4v) is 5.27. The number of carbonyl (C=O) groups is 2. The van der Waals surface area contributed by atoms with E-state index in [2.05, 4.69) is 5.16 Å². The van der Waals surface area contributed by atoms with Gasteiger partial charge >= 0.3 is 11.9 Å². The lowest BCUT2D eigenvalue weighted by Crippen LogP contribution is -2.51. The lowest BCUT2D eigenvalue weighted by atomic mass is 9.65. The monoisotopic (exact) mass is 371 g/mol. The molecule has 27 heavy (non-hydrogen) atoms. The van der Waals surface area contributed by atoms with Gasteiger partial charge in [-0.3, -0.25) is 9.59 Å². The smallest absolute Gasteiger partial charge is 0.324 e. The van der Waals surface area contributed by atoms with Gasteiger partial charge in [0.05, 0.1) is 24.8 Å². The van der Waals surface area contributed by atoms with Crippen LogP contribution in [0.3, 0.4) is 0 Å². The third-order valence-corrected chi connectivity index (χ3v) is 6.17. The van der Waals surface area contributed by atoms with Crippen molar-refractivity contribution >= 4 is 17.7 Å². The summed E-state index contributed by atoms with van der Waals surface area (Å²) in [6.45, 7) is 3.94. The quantitative estimate of drug-likeness (QED) is 0.587. The molecule has 1 aromatic carbocycles.